The summed E-state index contributed by atoms with van der Waals surface area (Å²) < 4.78 is 0. The van der Waals surface area contributed by atoms with Crippen LogP contribution < -0.4 is 10.6 Å². The molecule has 3 N–H and O–H groups in total. The Morgan fingerprint density at radius 3 is 2.52 bits per heavy atom. The number of para-hydroxylation sites is 1. The Morgan fingerprint density at radius 2 is 1.80 bits per heavy atom. The van der Waals surface area contributed by atoms with Gasteiger partial charge in [0.05, 0.1) is 12.1 Å². The summed E-state index contributed by atoms with van der Waals surface area (Å²) in [6.45, 7) is 6.24. The van der Waals surface area contributed by atoms with E-state index in [2.05, 4.69) is 37.5 Å². The monoisotopic (exact) mass is 338 g/mol. The van der Waals surface area contributed by atoms with Crippen molar-refractivity contribution in [3.05, 3.63) is 65.2 Å². The quantitative estimate of drug-likeness (QED) is 0.794. The zero-order chi connectivity index (χ0) is 18.1. The number of carbonyl (C=O) groups is 1. The molecule has 2 amide bonds. The summed E-state index contributed by atoms with van der Waals surface area (Å²) in [4.78, 5) is 12.7. The van der Waals surface area contributed by atoms with Gasteiger partial charge in [0, 0.05) is 5.69 Å². The molecule has 1 aliphatic rings. The van der Waals surface area contributed by atoms with Gasteiger partial charge in [-0.1, -0.05) is 63.2 Å². The Balaban J connectivity index is 1.82. The summed E-state index contributed by atoms with van der Waals surface area (Å²) in [5.41, 5.74) is 3.29. The lowest BCUT2D eigenvalue weighted by Gasteiger charge is -2.30. The summed E-state index contributed by atoms with van der Waals surface area (Å²) in [5, 5.41) is 16.0. The van der Waals surface area contributed by atoms with Crippen LogP contribution in [0.4, 0.5) is 10.5 Å². The van der Waals surface area contributed by atoms with Crippen LogP contribution in [0.5, 0.6) is 0 Å². The van der Waals surface area contributed by atoms with Crippen LogP contribution in [-0.2, 0) is 17.4 Å². The van der Waals surface area contributed by atoms with Gasteiger partial charge in [0.1, 0.15) is 0 Å². The standard InChI is InChI=1S/C21H26N2O2/c1-20(2,3)17-10-6-7-11-18(17)22-19(25)23-21(14-24)13-12-15-8-4-5-9-16(15)21/h4-11,24H,12-14H2,1-3H3,(H2,22,23,25). The maximum Gasteiger partial charge on any atom is 0.320 e. The van der Waals surface area contributed by atoms with Crippen LogP contribution in [-0.4, -0.2) is 17.7 Å². The number of carbonyl (C=O) groups excluding carboxylic acids is 1. The largest absolute Gasteiger partial charge is 0.394 e. The first-order valence-corrected chi connectivity index (χ1v) is 8.74. The second kappa shape index (κ2) is 6.52. The number of aliphatic hydroxyl groups excluding tert-OH is 1. The van der Waals surface area contributed by atoms with Gasteiger partial charge in [0.2, 0.25) is 0 Å². The lowest BCUT2D eigenvalue weighted by molar-refractivity contribution is 0.164. The molecule has 132 valence electrons. The molecule has 25 heavy (non-hydrogen) atoms. The molecule has 0 heterocycles. The van der Waals surface area contributed by atoms with Gasteiger partial charge in [0.25, 0.3) is 0 Å². The molecule has 3 rings (SSSR count). The highest BCUT2D eigenvalue weighted by atomic mass is 16.3. The van der Waals surface area contributed by atoms with Crippen molar-refractivity contribution in [3.8, 4) is 0 Å². The molecule has 0 aliphatic heterocycles. The van der Waals surface area contributed by atoms with E-state index in [1.54, 1.807) is 0 Å². The van der Waals surface area contributed by atoms with E-state index in [1.807, 2.05) is 42.5 Å². The Morgan fingerprint density at radius 1 is 1.12 bits per heavy atom. The van der Waals surface area contributed by atoms with Crippen LogP contribution in [0, 0.1) is 0 Å². The zero-order valence-corrected chi connectivity index (χ0v) is 15.1. The molecule has 1 atom stereocenters. The predicted octanol–water partition coefficient (Wildman–Crippen LogP) is 3.94. The molecule has 0 saturated carbocycles. The summed E-state index contributed by atoms with van der Waals surface area (Å²) >= 11 is 0. The average molecular weight is 338 g/mol. The van der Waals surface area contributed by atoms with E-state index < -0.39 is 5.54 Å². The number of amides is 2. The molecule has 4 heteroatoms. The summed E-state index contributed by atoms with van der Waals surface area (Å²) in [5.74, 6) is 0. The molecule has 2 aromatic rings. The Labute approximate surface area is 149 Å². The fraction of sp³-hybridized carbons (Fsp3) is 0.381. The first-order valence-electron chi connectivity index (χ1n) is 8.74. The average Bonchev–Trinajstić information content (AvgIpc) is 2.94. The van der Waals surface area contributed by atoms with E-state index in [4.69, 9.17) is 0 Å². The number of fused-ring (bicyclic) bond motifs is 1. The van der Waals surface area contributed by atoms with Crippen molar-refractivity contribution >= 4 is 11.7 Å². The number of hydrogen-bond donors (Lipinski definition) is 3. The van der Waals surface area contributed by atoms with E-state index in [9.17, 15) is 9.90 Å². The van der Waals surface area contributed by atoms with Gasteiger partial charge in [-0.05, 0) is 41.0 Å². The minimum Gasteiger partial charge on any atom is -0.394 e. The van der Waals surface area contributed by atoms with E-state index in [-0.39, 0.29) is 18.1 Å². The minimum absolute atomic E-state index is 0.0709. The lowest BCUT2D eigenvalue weighted by atomic mass is 9.86. The summed E-state index contributed by atoms with van der Waals surface area (Å²) in [6.07, 6.45) is 1.56. The van der Waals surface area contributed by atoms with Crippen LogP contribution in [0.1, 0.15) is 43.9 Å². The molecule has 0 aromatic heterocycles. The molecule has 0 bridgehead atoms. The van der Waals surface area contributed by atoms with Gasteiger partial charge < -0.3 is 15.7 Å². The number of benzene rings is 2. The second-order valence-corrected chi connectivity index (χ2v) is 7.77. The molecule has 0 fully saturated rings. The van der Waals surface area contributed by atoms with Crippen molar-refractivity contribution in [1.29, 1.82) is 0 Å². The predicted molar refractivity (Wildman–Crippen MR) is 101 cm³/mol. The number of aryl methyl sites for hydroxylation is 1. The number of urea groups is 1. The van der Waals surface area contributed by atoms with Gasteiger partial charge in [-0.3, -0.25) is 0 Å². The first-order chi connectivity index (χ1) is 11.9. The van der Waals surface area contributed by atoms with Gasteiger partial charge in [-0.15, -0.1) is 0 Å². The third kappa shape index (κ3) is 3.40. The highest BCUT2D eigenvalue weighted by molar-refractivity contribution is 5.91. The molecule has 1 unspecified atom stereocenters. The minimum atomic E-state index is -0.711. The van der Waals surface area contributed by atoms with E-state index in [0.717, 1.165) is 23.2 Å². The SMILES string of the molecule is CC(C)(C)c1ccccc1NC(=O)NC1(CO)CCc2ccccc21. The van der Waals surface area contributed by atoms with Crippen LogP contribution in [0.2, 0.25) is 0 Å². The molecule has 4 nitrogen and oxygen atoms in total. The summed E-state index contributed by atoms with van der Waals surface area (Å²) in [7, 11) is 0. The number of aliphatic hydroxyl groups is 1. The van der Waals surface area contributed by atoms with Gasteiger partial charge in [0.15, 0.2) is 0 Å². The van der Waals surface area contributed by atoms with Gasteiger partial charge in [-0.2, -0.15) is 0 Å². The number of nitrogens with one attached hydrogen (secondary N) is 2. The van der Waals surface area contributed by atoms with Crippen molar-refractivity contribution in [3.63, 3.8) is 0 Å². The molecule has 0 saturated heterocycles. The van der Waals surface area contributed by atoms with E-state index >= 15 is 0 Å². The fourth-order valence-electron chi connectivity index (χ4n) is 3.64. The molecule has 0 radical (unpaired) electrons. The molecule has 1 aliphatic carbocycles. The van der Waals surface area contributed by atoms with E-state index in [0.29, 0.717) is 6.42 Å². The van der Waals surface area contributed by atoms with Gasteiger partial charge >= 0.3 is 6.03 Å². The van der Waals surface area contributed by atoms with Crippen LogP contribution in [0.3, 0.4) is 0 Å². The zero-order valence-electron chi connectivity index (χ0n) is 15.1. The van der Waals surface area contributed by atoms with Crippen molar-refractivity contribution in [1.82, 2.24) is 5.32 Å². The molecule has 2 aromatic carbocycles. The Hall–Kier alpha value is -2.33. The highest BCUT2D eigenvalue weighted by Crippen LogP contribution is 2.36. The normalized spacial score (nSPS) is 19.4. The van der Waals surface area contributed by atoms with Crippen LogP contribution in [0.25, 0.3) is 0 Å². The maximum atomic E-state index is 12.7. The Kier molecular flexibility index (Phi) is 4.56. The van der Waals surface area contributed by atoms with E-state index in [1.165, 1.54) is 5.56 Å². The van der Waals surface area contributed by atoms with Crippen molar-refractivity contribution in [2.45, 2.75) is 44.6 Å². The highest BCUT2D eigenvalue weighted by Gasteiger charge is 2.39. The van der Waals surface area contributed by atoms with Crippen molar-refractivity contribution < 1.29 is 9.90 Å². The van der Waals surface area contributed by atoms with Crippen LogP contribution >= 0.6 is 0 Å². The van der Waals surface area contributed by atoms with Crippen molar-refractivity contribution in [2.24, 2.45) is 0 Å². The first kappa shape index (κ1) is 17.5. The topological polar surface area (TPSA) is 61.4 Å². The number of hydrogen-bond acceptors (Lipinski definition) is 2. The number of anilines is 1. The van der Waals surface area contributed by atoms with Crippen molar-refractivity contribution in [2.75, 3.05) is 11.9 Å². The maximum absolute atomic E-state index is 12.7. The second-order valence-electron chi connectivity index (χ2n) is 7.77. The smallest absolute Gasteiger partial charge is 0.320 e. The van der Waals surface area contributed by atoms with Crippen LogP contribution in [0.15, 0.2) is 48.5 Å². The third-order valence-corrected chi connectivity index (χ3v) is 4.96. The molecular formula is C21H26N2O2. The molecule has 0 spiro atoms. The Bertz CT molecular complexity index is 779. The number of rotatable bonds is 3. The van der Waals surface area contributed by atoms with Gasteiger partial charge in [-0.25, -0.2) is 4.79 Å². The lowest BCUT2D eigenvalue weighted by Crippen LogP contribution is -2.49. The fourth-order valence-corrected chi connectivity index (χ4v) is 3.64. The molecular weight excluding hydrogens is 312 g/mol. The third-order valence-electron chi connectivity index (χ3n) is 4.96. The summed E-state index contributed by atoms with van der Waals surface area (Å²) in [6, 6.07) is 15.5.